The summed E-state index contributed by atoms with van der Waals surface area (Å²) in [6, 6.07) is 13.9. The van der Waals surface area contributed by atoms with E-state index >= 15 is 0 Å². The standard InChI is InChI=1S/C17H20N6O/c1-12-5-4-6-16(19-12)23-17(20-21-22-23)11-18-13(2)14-7-9-15(24-3)10-8-14/h4-10,13,18H,11H2,1-3H3. The van der Waals surface area contributed by atoms with E-state index in [2.05, 4.69) is 32.7 Å². The van der Waals surface area contributed by atoms with E-state index in [0.717, 1.165) is 11.4 Å². The number of tetrazole rings is 1. The van der Waals surface area contributed by atoms with Crippen molar-refractivity contribution in [3.63, 3.8) is 0 Å². The van der Waals surface area contributed by atoms with E-state index in [0.29, 0.717) is 18.2 Å². The summed E-state index contributed by atoms with van der Waals surface area (Å²) in [6.07, 6.45) is 0. The number of pyridine rings is 1. The first kappa shape index (κ1) is 16.1. The van der Waals surface area contributed by atoms with Crippen LogP contribution in [0.4, 0.5) is 0 Å². The molecule has 0 saturated carbocycles. The van der Waals surface area contributed by atoms with Crippen molar-refractivity contribution < 1.29 is 4.74 Å². The largest absolute Gasteiger partial charge is 0.497 e. The summed E-state index contributed by atoms with van der Waals surface area (Å²) < 4.78 is 6.84. The van der Waals surface area contributed by atoms with Crippen LogP contribution < -0.4 is 10.1 Å². The SMILES string of the molecule is COc1ccc(C(C)NCc2nnnn2-c2cccc(C)n2)cc1. The second-order valence-electron chi connectivity index (χ2n) is 5.52. The molecule has 0 amide bonds. The lowest BCUT2D eigenvalue weighted by molar-refractivity contribution is 0.414. The highest BCUT2D eigenvalue weighted by Gasteiger charge is 2.12. The highest BCUT2D eigenvalue weighted by Crippen LogP contribution is 2.17. The van der Waals surface area contributed by atoms with Gasteiger partial charge in [-0.25, -0.2) is 4.98 Å². The van der Waals surface area contributed by atoms with Crippen LogP contribution in [0.1, 0.15) is 30.0 Å². The smallest absolute Gasteiger partial charge is 0.172 e. The third-order valence-corrected chi connectivity index (χ3v) is 3.81. The molecule has 24 heavy (non-hydrogen) atoms. The van der Waals surface area contributed by atoms with Crippen LogP contribution in [-0.2, 0) is 6.54 Å². The van der Waals surface area contributed by atoms with Gasteiger partial charge in [0.25, 0.3) is 0 Å². The third-order valence-electron chi connectivity index (χ3n) is 3.81. The Balaban J connectivity index is 1.70. The summed E-state index contributed by atoms with van der Waals surface area (Å²) in [5.41, 5.74) is 2.09. The topological polar surface area (TPSA) is 77.8 Å². The van der Waals surface area contributed by atoms with Crippen molar-refractivity contribution in [1.29, 1.82) is 0 Å². The fourth-order valence-corrected chi connectivity index (χ4v) is 2.40. The Labute approximate surface area is 140 Å². The maximum absolute atomic E-state index is 5.18. The zero-order valence-corrected chi connectivity index (χ0v) is 14.0. The van der Waals surface area contributed by atoms with E-state index in [1.807, 2.05) is 49.4 Å². The van der Waals surface area contributed by atoms with Gasteiger partial charge in [-0.2, -0.15) is 4.68 Å². The average Bonchev–Trinajstić information content (AvgIpc) is 3.08. The van der Waals surface area contributed by atoms with Crippen molar-refractivity contribution in [1.82, 2.24) is 30.5 Å². The molecule has 0 aliphatic carbocycles. The van der Waals surface area contributed by atoms with E-state index in [9.17, 15) is 0 Å². The second-order valence-corrected chi connectivity index (χ2v) is 5.52. The van der Waals surface area contributed by atoms with Gasteiger partial charge < -0.3 is 10.1 Å². The fraction of sp³-hybridized carbons (Fsp3) is 0.294. The number of aryl methyl sites for hydroxylation is 1. The Morgan fingerprint density at radius 2 is 1.96 bits per heavy atom. The third kappa shape index (κ3) is 3.57. The molecular formula is C17H20N6O. The molecule has 2 aromatic heterocycles. The molecule has 3 aromatic rings. The van der Waals surface area contributed by atoms with Crippen molar-refractivity contribution in [2.75, 3.05) is 7.11 Å². The number of nitrogens with zero attached hydrogens (tertiary/aromatic N) is 5. The first-order valence-corrected chi connectivity index (χ1v) is 7.76. The summed E-state index contributed by atoms with van der Waals surface area (Å²) in [6.45, 7) is 4.58. The van der Waals surface area contributed by atoms with E-state index in [1.165, 1.54) is 5.56 Å². The highest BCUT2D eigenvalue weighted by molar-refractivity contribution is 5.29. The molecule has 0 aliphatic rings. The van der Waals surface area contributed by atoms with Crippen LogP contribution in [0.25, 0.3) is 5.82 Å². The number of hydrogen-bond donors (Lipinski definition) is 1. The lowest BCUT2D eigenvalue weighted by Crippen LogP contribution is -2.21. The summed E-state index contributed by atoms with van der Waals surface area (Å²) >= 11 is 0. The van der Waals surface area contributed by atoms with Crippen LogP contribution in [0.5, 0.6) is 5.75 Å². The number of benzene rings is 1. The zero-order valence-electron chi connectivity index (χ0n) is 14.0. The summed E-state index contributed by atoms with van der Waals surface area (Å²) in [5.74, 6) is 2.28. The molecule has 0 fully saturated rings. The van der Waals surface area contributed by atoms with Crippen molar-refractivity contribution in [3.8, 4) is 11.6 Å². The fourth-order valence-electron chi connectivity index (χ4n) is 2.40. The van der Waals surface area contributed by atoms with Crippen molar-refractivity contribution >= 4 is 0 Å². The van der Waals surface area contributed by atoms with Gasteiger partial charge in [0.1, 0.15) is 5.75 Å². The number of nitrogens with one attached hydrogen (secondary N) is 1. The molecule has 0 spiro atoms. The molecule has 0 saturated heterocycles. The van der Waals surface area contributed by atoms with Crippen LogP contribution >= 0.6 is 0 Å². The van der Waals surface area contributed by atoms with Crippen LogP contribution in [-0.4, -0.2) is 32.3 Å². The van der Waals surface area contributed by atoms with E-state index in [1.54, 1.807) is 11.8 Å². The summed E-state index contributed by atoms with van der Waals surface area (Å²) in [4.78, 5) is 4.46. The quantitative estimate of drug-likeness (QED) is 0.749. The molecule has 7 heteroatoms. The van der Waals surface area contributed by atoms with E-state index in [-0.39, 0.29) is 6.04 Å². The average molecular weight is 324 g/mol. The van der Waals surface area contributed by atoms with Gasteiger partial charge in [-0.3, -0.25) is 0 Å². The molecule has 1 atom stereocenters. The molecular weight excluding hydrogens is 304 g/mol. The molecule has 7 nitrogen and oxygen atoms in total. The Kier molecular flexibility index (Phi) is 4.81. The van der Waals surface area contributed by atoms with Gasteiger partial charge >= 0.3 is 0 Å². The maximum Gasteiger partial charge on any atom is 0.172 e. The molecule has 124 valence electrons. The van der Waals surface area contributed by atoms with Gasteiger partial charge in [0.2, 0.25) is 0 Å². The summed E-state index contributed by atoms with van der Waals surface area (Å²) in [7, 11) is 1.66. The van der Waals surface area contributed by atoms with E-state index < -0.39 is 0 Å². The number of rotatable bonds is 6. The van der Waals surface area contributed by atoms with Crippen molar-refractivity contribution in [2.45, 2.75) is 26.4 Å². The molecule has 0 radical (unpaired) electrons. The number of ether oxygens (including phenoxy) is 1. The normalized spacial score (nSPS) is 12.1. The van der Waals surface area contributed by atoms with Gasteiger partial charge in [-0.05, 0) is 54.1 Å². The second kappa shape index (κ2) is 7.18. The minimum absolute atomic E-state index is 0.159. The number of hydrogen-bond acceptors (Lipinski definition) is 6. The first-order valence-electron chi connectivity index (χ1n) is 7.76. The molecule has 1 unspecified atom stereocenters. The van der Waals surface area contributed by atoms with Gasteiger partial charge in [-0.1, -0.05) is 18.2 Å². The minimum atomic E-state index is 0.159. The summed E-state index contributed by atoms with van der Waals surface area (Å²) in [5, 5.41) is 15.3. The lowest BCUT2D eigenvalue weighted by Gasteiger charge is -2.14. The van der Waals surface area contributed by atoms with Gasteiger partial charge in [0, 0.05) is 11.7 Å². The van der Waals surface area contributed by atoms with Gasteiger partial charge in [-0.15, -0.1) is 5.10 Å². The predicted octanol–water partition coefficient (Wildman–Crippen LogP) is 2.23. The van der Waals surface area contributed by atoms with Crippen LogP contribution in [0.2, 0.25) is 0 Å². The predicted molar refractivity (Wildman–Crippen MR) is 89.9 cm³/mol. The van der Waals surface area contributed by atoms with Crippen molar-refractivity contribution in [3.05, 3.63) is 59.5 Å². The molecule has 0 aliphatic heterocycles. The Bertz CT molecular complexity index is 799. The minimum Gasteiger partial charge on any atom is -0.497 e. The first-order chi connectivity index (χ1) is 11.7. The number of methoxy groups -OCH3 is 1. The van der Waals surface area contributed by atoms with Gasteiger partial charge in [0.05, 0.1) is 13.7 Å². The van der Waals surface area contributed by atoms with Crippen molar-refractivity contribution in [2.24, 2.45) is 0 Å². The van der Waals surface area contributed by atoms with E-state index in [4.69, 9.17) is 4.74 Å². The maximum atomic E-state index is 5.18. The molecule has 1 aromatic carbocycles. The molecule has 1 N–H and O–H groups in total. The number of aromatic nitrogens is 5. The lowest BCUT2D eigenvalue weighted by atomic mass is 10.1. The Morgan fingerprint density at radius 1 is 1.17 bits per heavy atom. The Morgan fingerprint density at radius 3 is 2.67 bits per heavy atom. The Hall–Kier alpha value is -2.80. The van der Waals surface area contributed by atoms with Crippen LogP contribution in [0, 0.1) is 6.92 Å². The van der Waals surface area contributed by atoms with Crippen LogP contribution in [0.3, 0.4) is 0 Å². The molecule has 3 rings (SSSR count). The van der Waals surface area contributed by atoms with Crippen LogP contribution in [0.15, 0.2) is 42.5 Å². The highest BCUT2D eigenvalue weighted by atomic mass is 16.5. The zero-order chi connectivity index (χ0) is 16.9. The monoisotopic (exact) mass is 324 g/mol. The molecule has 2 heterocycles. The molecule has 0 bridgehead atoms. The van der Waals surface area contributed by atoms with Gasteiger partial charge in [0.15, 0.2) is 11.6 Å².